The monoisotopic (exact) mass is 794 g/mol. The maximum Gasteiger partial charge on any atom is 0.408 e. The average Bonchev–Trinajstić information content (AvgIpc) is 3.15. The lowest BCUT2D eigenvalue weighted by molar-refractivity contribution is -0.154. The van der Waals surface area contributed by atoms with E-state index in [2.05, 4.69) is 33.0 Å². The van der Waals surface area contributed by atoms with Crippen molar-refractivity contribution in [2.24, 2.45) is 11.8 Å². The van der Waals surface area contributed by atoms with E-state index in [0.29, 0.717) is 19.1 Å². The molecule has 56 heavy (non-hydrogen) atoms. The molecule has 0 aromatic heterocycles. The number of carbonyl (C=O) groups is 3. The Morgan fingerprint density at radius 3 is 1.07 bits per heavy atom. The Morgan fingerprint density at radius 1 is 0.446 bits per heavy atom. The summed E-state index contributed by atoms with van der Waals surface area (Å²) >= 11 is 0. The smallest absolute Gasteiger partial charge is 0.408 e. The zero-order valence-corrected chi connectivity index (χ0v) is 38.4. The maximum absolute atomic E-state index is 13.6. The normalized spacial score (nSPS) is 13.3. The Balaban J connectivity index is 5.38. The number of ether oxygens (including phenoxy) is 3. The number of amides is 1. The Labute approximate surface area is 348 Å². The lowest BCUT2D eigenvalue weighted by atomic mass is 9.94. The van der Waals surface area contributed by atoms with E-state index in [4.69, 9.17) is 14.2 Å². The first kappa shape index (κ1) is 54.2. The van der Waals surface area contributed by atoms with Crippen molar-refractivity contribution < 1.29 is 28.6 Å². The summed E-state index contributed by atoms with van der Waals surface area (Å²) in [5, 5.41) is 2.66. The average molecular weight is 794 g/mol. The third kappa shape index (κ3) is 36.5. The molecule has 1 unspecified atom stereocenters. The summed E-state index contributed by atoms with van der Waals surface area (Å²) < 4.78 is 17.3. The van der Waals surface area contributed by atoms with Crippen molar-refractivity contribution in [3.8, 4) is 0 Å². The van der Waals surface area contributed by atoms with Crippen LogP contribution in [-0.2, 0) is 23.8 Å². The molecule has 0 heterocycles. The molecular weight excluding hydrogens is 699 g/mol. The fourth-order valence-electron chi connectivity index (χ4n) is 7.56. The van der Waals surface area contributed by atoms with Gasteiger partial charge in [-0.15, -0.1) is 0 Å². The molecule has 0 saturated carbocycles. The molecule has 0 spiro atoms. The zero-order valence-electron chi connectivity index (χ0n) is 38.4. The second-order valence-electron chi connectivity index (χ2n) is 18.1. The minimum Gasteiger partial charge on any atom is -0.465 e. The second-order valence-corrected chi connectivity index (χ2v) is 18.1. The van der Waals surface area contributed by atoms with E-state index in [9.17, 15) is 14.4 Å². The summed E-state index contributed by atoms with van der Waals surface area (Å²) in [6, 6.07) is -1.15. The topological polar surface area (TPSA) is 90.9 Å². The standard InChI is InChI=1S/C49H95NO6/c1-8-12-16-20-24-26-30-34-37-43(36-32-28-22-18-14-10-3)41-54-46(51)40-45(50-48(53)56-49(5,6)7)47(52)55-42-44(38-33-29-23-19-15-11-4)39-35-31-27-25-21-17-13-9-2/h43-45H,8-42H2,1-7H3,(H,50,53)/t43-,44-,45?/m0/s1. The van der Waals surface area contributed by atoms with Crippen LogP contribution in [0.4, 0.5) is 4.79 Å². The fourth-order valence-corrected chi connectivity index (χ4v) is 7.56. The van der Waals surface area contributed by atoms with E-state index < -0.39 is 29.7 Å². The van der Waals surface area contributed by atoms with Crippen LogP contribution in [0.2, 0.25) is 0 Å². The molecule has 0 aliphatic rings. The summed E-state index contributed by atoms with van der Waals surface area (Å²) in [7, 11) is 0. The van der Waals surface area contributed by atoms with Crippen LogP contribution in [0, 0.1) is 11.8 Å². The van der Waals surface area contributed by atoms with Gasteiger partial charge in [0, 0.05) is 0 Å². The molecule has 3 atom stereocenters. The van der Waals surface area contributed by atoms with Crippen molar-refractivity contribution in [2.45, 2.75) is 272 Å². The van der Waals surface area contributed by atoms with Crippen molar-refractivity contribution in [1.82, 2.24) is 5.32 Å². The highest BCUT2D eigenvalue weighted by molar-refractivity contribution is 5.86. The lowest BCUT2D eigenvalue weighted by Crippen LogP contribution is -2.46. The number of rotatable bonds is 40. The molecule has 0 radical (unpaired) electrons. The molecule has 0 saturated heterocycles. The van der Waals surface area contributed by atoms with Crippen LogP contribution in [0.3, 0.4) is 0 Å². The van der Waals surface area contributed by atoms with Gasteiger partial charge in [0.25, 0.3) is 0 Å². The van der Waals surface area contributed by atoms with Gasteiger partial charge >= 0.3 is 18.0 Å². The van der Waals surface area contributed by atoms with E-state index in [1.54, 1.807) is 20.8 Å². The maximum atomic E-state index is 13.6. The van der Waals surface area contributed by atoms with E-state index in [1.165, 1.54) is 154 Å². The summed E-state index contributed by atoms with van der Waals surface area (Å²) in [6.07, 6.45) is 38.4. The largest absolute Gasteiger partial charge is 0.465 e. The van der Waals surface area contributed by atoms with Crippen molar-refractivity contribution in [3.05, 3.63) is 0 Å². The highest BCUT2D eigenvalue weighted by Gasteiger charge is 2.29. The van der Waals surface area contributed by atoms with Gasteiger partial charge in [-0.3, -0.25) is 4.79 Å². The summed E-state index contributed by atoms with van der Waals surface area (Å²) in [6.45, 7) is 15.0. The zero-order chi connectivity index (χ0) is 41.5. The van der Waals surface area contributed by atoms with Gasteiger partial charge in [-0.25, -0.2) is 9.59 Å². The number of alkyl carbamates (subject to hydrolysis) is 1. The van der Waals surface area contributed by atoms with Crippen molar-refractivity contribution in [2.75, 3.05) is 13.2 Å². The molecule has 0 aliphatic heterocycles. The second kappa shape index (κ2) is 38.7. The van der Waals surface area contributed by atoms with Crippen LogP contribution in [0.25, 0.3) is 0 Å². The molecule has 0 fully saturated rings. The lowest BCUT2D eigenvalue weighted by Gasteiger charge is -2.24. The Bertz CT molecular complexity index is 902. The van der Waals surface area contributed by atoms with Crippen LogP contribution >= 0.6 is 0 Å². The quantitative estimate of drug-likeness (QED) is 0.0377. The first-order valence-electron chi connectivity index (χ1n) is 24.4. The van der Waals surface area contributed by atoms with E-state index in [0.717, 1.165) is 51.4 Å². The summed E-state index contributed by atoms with van der Waals surface area (Å²) in [5.41, 5.74) is -0.740. The number of esters is 2. The van der Waals surface area contributed by atoms with Crippen molar-refractivity contribution in [1.29, 1.82) is 0 Å². The molecule has 7 heteroatoms. The minimum absolute atomic E-state index is 0.264. The highest BCUT2D eigenvalue weighted by Crippen LogP contribution is 2.22. The van der Waals surface area contributed by atoms with Crippen LogP contribution in [0.15, 0.2) is 0 Å². The van der Waals surface area contributed by atoms with E-state index in [1.807, 2.05) is 0 Å². The molecule has 0 aliphatic carbocycles. The van der Waals surface area contributed by atoms with Gasteiger partial charge < -0.3 is 19.5 Å². The van der Waals surface area contributed by atoms with Crippen LogP contribution < -0.4 is 5.32 Å². The molecule has 0 bridgehead atoms. The van der Waals surface area contributed by atoms with Gasteiger partial charge in [0.1, 0.15) is 11.6 Å². The number of carbonyl (C=O) groups excluding carboxylic acids is 3. The summed E-state index contributed by atoms with van der Waals surface area (Å²) in [4.78, 5) is 39.8. The molecule has 0 aromatic carbocycles. The molecule has 7 nitrogen and oxygen atoms in total. The molecular formula is C49H95NO6. The molecule has 1 N–H and O–H groups in total. The molecule has 332 valence electrons. The first-order chi connectivity index (χ1) is 27.1. The Kier molecular flexibility index (Phi) is 37.5. The molecule has 0 rings (SSSR count). The van der Waals surface area contributed by atoms with Gasteiger partial charge in [-0.1, -0.05) is 207 Å². The Morgan fingerprint density at radius 2 is 0.750 bits per heavy atom. The highest BCUT2D eigenvalue weighted by atomic mass is 16.6. The first-order valence-corrected chi connectivity index (χ1v) is 24.4. The third-order valence-electron chi connectivity index (χ3n) is 11.2. The van der Waals surface area contributed by atoms with Crippen molar-refractivity contribution >= 4 is 18.0 Å². The predicted molar refractivity (Wildman–Crippen MR) is 237 cm³/mol. The van der Waals surface area contributed by atoms with Gasteiger partial charge in [0.05, 0.1) is 19.6 Å². The number of nitrogens with one attached hydrogen (secondary N) is 1. The van der Waals surface area contributed by atoms with E-state index in [-0.39, 0.29) is 12.3 Å². The third-order valence-corrected chi connectivity index (χ3v) is 11.2. The van der Waals surface area contributed by atoms with Gasteiger partial charge in [0.15, 0.2) is 0 Å². The van der Waals surface area contributed by atoms with Gasteiger partial charge in [0.2, 0.25) is 0 Å². The van der Waals surface area contributed by atoms with Gasteiger partial charge in [-0.05, 0) is 58.3 Å². The summed E-state index contributed by atoms with van der Waals surface area (Å²) in [5.74, 6) is -0.472. The van der Waals surface area contributed by atoms with Crippen molar-refractivity contribution in [3.63, 3.8) is 0 Å². The number of hydrogen-bond acceptors (Lipinski definition) is 6. The SMILES string of the molecule is CCCCCCCCCC[C@H](CCCCCCCC)COC(=O)CC(NC(=O)OC(C)(C)C)C(=O)OC[C@@H](CCCCCCCC)CCCCCCCCCC. The minimum atomic E-state index is -1.15. The van der Waals surface area contributed by atoms with Gasteiger partial charge in [-0.2, -0.15) is 0 Å². The van der Waals surface area contributed by atoms with Crippen LogP contribution in [-0.4, -0.2) is 42.9 Å². The van der Waals surface area contributed by atoms with Crippen LogP contribution in [0.5, 0.6) is 0 Å². The number of hydrogen-bond donors (Lipinski definition) is 1. The van der Waals surface area contributed by atoms with Crippen LogP contribution in [0.1, 0.15) is 260 Å². The van der Waals surface area contributed by atoms with E-state index >= 15 is 0 Å². The Hall–Kier alpha value is -1.79. The molecule has 1 amide bonds. The predicted octanol–water partition coefficient (Wildman–Crippen LogP) is 15.2. The fraction of sp³-hybridized carbons (Fsp3) is 0.939. The number of unbranched alkanes of at least 4 members (excludes halogenated alkanes) is 24. The molecule has 0 aromatic rings.